The summed E-state index contributed by atoms with van der Waals surface area (Å²) >= 11 is 11.5. The molecule has 0 radical (unpaired) electrons. The summed E-state index contributed by atoms with van der Waals surface area (Å²) in [6, 6.07) is 9.34. The Bertz CT molecular complexity index is 1020. The van der Waals surface area contributed by atoms with Crippen LogP contribution in [0.2, 0.25) is 5.02 Å². The van der Waals surface area contributed by atoms with Gasteiger partial charge in [-0.25, -0.2) is 9.37 Å². The highest BCUT2D eigenvalue weighted by molar-refractivity contribution is 7.80. The van der Waals surface area contributed by atoms with Crippen LogP contribution in [-0.2, 0) is 19.3 Å². The van der Waals surface area contributed by atoms with Crippen LogP contribution in [0.3, 0.4) is 0 Å². The smallest absolute Gasteiger partial charge is 0.345 e. The topological polar surface area (TPSA) is 33.1 Å². The van der Waals surface area contributed by atoms with Crippen LogP contribution in [-0.4, -0.2) is 26.1 Å². The fraction of sp³-hybridized carbons (Fsp3) is 0.238. The van der Waals surface area contributed by atoms with Crippen LogP contribution in [0.4, 0.5) is 23.2 Å². The summed E-state index contributed by atoms with van der Waals surface area (Å²) in [4.78, 5) is 5.74. The molecule has 3 aromatic rings. The van der Waals surface area contributed by atoms with Crippen LogP contribution < -0.4 is 5.32 Å². The van der Waals surface area contributed by atoms with Crippen molar-refractivity contribution in [3.63, 3.8) is 0 Å². The Labute approximate surface area is 187 Å². The van der Waals surface area contributed by atoms with Gasteiger partial charge in [0.1, 0.15) is 5.82 Å². The van der Waals surface area contributed by atoms with Crippen molar-refractivity contribution >= 4 is 34.6 Å². The molecular weight excluding hydrogens is 452 g/mol. The van der Waals surface area contributed by atoms with Gasteiger partial charge in [-0.1, -0.05) is 29.8 Å². The number of rotatable bonds is 7. The first-order valence-electron chi connectivity index (χ1n) is 9.36. The van der Waals surface area contributed by atoms with E-state index >= 15 is 0 Å². The predicted molar refractivity (Wildman–Crippen MR) is 116 cm³/mol. The van der Waals surface area contributed by atoms with Crippen LogP contribution in [0.1, 0.15) is 17.5 Å². The van der Waals surface area contributed by atoms with Gasteiger partial charge in [0.2, 0.25) is 0 Å². The minimum atomic E-state index is -4.49. The van der Waals surface area contributed by atoms with Crippen LogP contribution >= 0.6 is 23.8 Å². The molecule has 3 rings (SSSR count). The monoisotopic (exact) mass is 470 g/mol. The molecule has 0 aliphatic heterocycles. The first kappa shape index (κ1) is 23.0. The molecule has 0 fully saturated rings. The van der Waals surface area contributed by atoms with Gasteiger partial charge in [-0.05, 0) is 42.9 Å². The number of nitrogens with zero attached hydrogens (tertiary/aromatic N) is 3. The third-order valence-corrected chi connectivity index (χ3v) is 5.22. The third-order valence-electron chi connectivity index (χ3n) is 4.55. The van der Waals surface area contributed by atoms with E-state index in [-0.39, 0.29) is 28.2 Å². The summed E-state index contributed by atoms with van der Waals surface area (Å²) in [5, 5.41) is 3.01. The lowest BCUT2D eigenvalue weighted by Crippen LogP contribution is -2.35. The van der Waals surface area contributed by atoms with Crippen molar-refractivity contribution in [1.82, 2.24) is 14.5 Å². The molecule has 2 aromatic carbocycles. The van der Waals surface area contributed by atoms with Gasteiger partial charge in [-0.3, -0.25) is 0 Å². The molecule has 0 saturated carbocycles. The SMILES string of the molecule is Fc1ccccc1CN(CCCn1ccnc1)C(=S)Nc1ccc(C(F)(F)F)cc1Cl. The average Bonchev–Trinajstić information content (AvgIpc) is 3.23. The number of imidazole rings is 1. The Morgan fingerprint density at radius 3 is 2.61 bits per heavy atom. The van der Waals surface area contributed by atoms with Crippen LogP contribution in [0, 0.1) is 5.82 Å². The maximum absolute atomic E-state index is 14.2. The van der Waals surface area contributed by atoms with E-state index in [0.717, 1.165) is 12.1 Å². The molecule has 0 aliphatic rings. The number of alkyl halides is 3. The lowest BCUT2D eigenvalue weighted by molar-refractivity contribution is -0.137. The molecule has 1 heterocycles. The van der Waals surface area contributed by atoms with Crippen molar-refractivity contribution in [2.75, 3.05) is 11.9 Å². The zero-order valence-corrected chi connectivity index (χ0v) is 17.8. The normalized spacial score (nSPS) is 11.4. The summed E-state index contributed by atoms with van der Waals surface area (Å²) < 4.78 is 54.7. The number of aryl methyl sites for hydroxylation is 1. The second-order valence-electron chi connectivity index (χ2n) is 6.79. The standard InChI is InChI=1S/C21H19ClF4N4S/c22-17-12-16(21(24,25)26)6-7-19(17)28-20(31)30(10-3-9-29-11-8-27-14-29)13-15-4-1-2-5-18(15)23/h1-2,4-8,11-12,14H,3,9-10,13H2,(H,28,31). The number of hydrogen-bond acceptors (Lipinski definition) is 2. The number of aromatic nitrogens is 2. The Hall–Kier alpha value is -2.65. The molecule has 10 heteroatoms. The minimum Gasteiger partial charge on any atom is -0.345 e. The van der Waals surface area contributed by atoms with Crippen molar-refractivity contribution < 1.29 is 17.6 Å². The van der Waals surface area contributed by atoms with Crippen LogP contribution in [0.5, 0.6) is 0 Å². The molecule has 0 atom stereocenters. The van der Waals surface area contributed by atoms with Crippen molar-refractivity contribution in [3.05, 3.63) is 83.2 Å². The molecule has 0 unspecified atom stereocenters. The van der Waals surface area contributed by atoms with Gasteiger partial charge in [0, 0.05) is 37.6 Å². The van der Waals surface area contributed by atoms with Gasteiger partial charge in [0.05, 0.1) is 22.6 Å². The number of thiocarbonyl (C=S) groups is 1. The van der Waals surface area contributed by atoms with E-state index < -0.39 is 11.7 Å². The second kappa shape index (κ2) is 10.1. The highest BCUT2D eigenvalue weighted by Crippen LogP contribution is 2.33. The predicted octanol–water partition coefficient (Wildman–Crippen LogP) is 5.98. The molecular formula is C21H19ClF4N4S. The lowest BCUT2D eigenvalue weighted by Gasteiger charge is -2.27. The number of nitrogens with one attached hydrogen (secondary N) is 1. The summed E-state index contributed by atoms with van der Waals surface area (Å²) in [5.74, 6) is -0.363. The number of benzene rings is 2. The number of halogens is 5. The summed E-state index contributed by atoms with van der Waals surface area (Å²) in [6.07, 6.45) is 1.40. The fourth-order valence-electron chi connectivity index (χ4n) is 2.93. The highest BCUT2D eigenvalue weighted by atomic mass is 35.5. The van der Waals surface area contributed by atoms with Gasteiger partial charge in [-0.2, -0.15) is 13.2 Å². The first-order valence-corrected chi connectivity index (χ1v) is 10.1. The Morgan fingerprint density at radius 1 is 1.19 bits per heavy atom. The average molecular weight is 471 g/mol. The zero-order chi connectivity index (χ0) is 22.4. The molecule has 0 saturated heterocycles. The minimum absolute atomic E-state index is 0.110. The first-order chi connectivity index (χ1) is 14.7. The van der Waals surface area contributed by atoms with E-state index in [4.69, 9.17) is 23.8 Å². The lowest BCUT2D eigenvalue weighted by atomic mass is 10.2. The molecule has 0 aliphatic carbocycles. The van der Waals surface area contributed by atoms with Gasteiger partial charge in [0.25, 0.3) is 0 Å². The molecule has 31 heavy (non-hydrogen) atoms. The van der Waals surface area contributed by atoms with Crippen molar-refractivity contribution in [1.29, 1.82) is 0 Å². The maximum atomic E-state index is 14.2. The third kappa shape index (κ3) is 6.41. The molecule has 164 valence electrons. The molecule has 0 bridgehead atoms. The van der Waals surface area contributed by atoms with E-state index in [1.54, 1.807) is 35.6 Å². The van der Waals surface area contributed by atoms with Crippen LogP contribution in [0.15, 0.2) is 61.2 Å². The van der Waals surface area contributed by atoms with Crippen molar-refractivity contribution in [3.8, 4) is 0 Å². The Morgan fingerprint density at radius 2 is 1.97 bits per heavy atom. The second-order valence-corrected chi connectivity index (χ2v) is 7.58. The molecule has 0 spiro atoms. The fourth-order valence-corrected chi connectivity index (χ4v) is 3.43. The highest BCUT2D eigenvalue weighted by Gasteiger charge is 2.31. The van der Waals surface area contributed by atoms with Crippen LogP contribution in [0.25, 0.3) is 0 Å². The Kier molecular flexibility index (Phi) is 7.50. The summed E-state index contributed by atoms with van der Waals surface area (Å²) in [7, 11) is 0. The van der Waals surface area contributed by atoms with E-state index in [1.165, 1.54) is 12.1 Å². The molecule has 0 amide bonds. The van der Waals surface area contributed by atoms with E-state index in [2.05, 4.69) is 10.3 Å². The van der Waals surface area contributed by atoms with Gasteiger partial charge in [-0.15, -0.1) is 0 Å². The molecule has 4 nitrogen and oxygen atoms in total. The van der Waals surface area contributed by atoms with Gasteiger partial charge < -0.3 is 14.8 Å². The summed E-state index contributed by atoms with van der Waals surface area (Å²) in [6.45, 7) is 1.36. The quantitative estimate of drug-likeness (QED) is 0.340. The maximum Gasteiger partial charge on any atom is 0.416 e. The van der Waals surface area contributed by atoms with Crippen molar-refractivity contribution in [2.45, 2.75) is 25.7 Å². The number of anilines is 1. The summed E-state index contributed by atoms with van der Waals surface area (Å²) in [5.41, 5.74) is -0.155. The van der Waals surface area contributed by atoms with E-state index in [9.17, 15) is 17.6 Å². The van der Waals surface area contributed by atoms with E-state index in [0.29, 0.717) is 25.1 Å². The zero-order valence-electron chi connectivity index (χ0n) is 16.2. The van der Waals surface area contributed by atoms with E-state index in [1.807, 2.05) is 10.8 Å². The van der Waals surface area contributed by atoms with Gasteiger partial charge in [0.15, 0.2) is 5.11 Å². The largest absolute Gasteiger partial charge is 0.416 e. The van der Waals surface area contributed by atoms with Crippen molar-refractivity contribution in [2.24, 2.45) is 0 Å². The molecule has 1 aromatic heterocycles. The Balaban J connectivity index is 1.73. The molecule has 1 N–H and O–H groups in total. The number of hydrogen-bond donors (Lipinski definition) is 1. The van der Waals surface area contributed by atoms with Gasteiger partial charge >= 0.3 is 6.18 Å².